The largest absolute Gasteiger partial charge is 0.455 e. The summed E-state index contributed by atoms with van der Waals surface area (Å²) in [4.78, 5) is 0. The third-order valence-corrected chi connectivity index (χ3v) is 10.2. The fraction of sp³-hybridized carbons (Fsp3) is 0.0612. The molecule has 1 heteroatoms. The second-order valence-corrected chi connectivity index (χ2v) is 13.3. The molecule has 10 rings (SSSR count). The van der Waals surface area contributed by atoms with E-state index >= 15 is 0 Å². The number of hydrogen-bond donors (Lipinski definition) is 0. The molecule has 0 bridgehead atoms. The number of benzene rings is 8. The summed E-state index contributed by atoms with van der Waals surface area (Å²) < 4.78 is 93.2. The van der Waals surface area contributed by atoms with Crippen molar-refractivity contribution in [3.8, 4) is 55.6 Å². The van der Waals surface area contributed by atoms with Gasteiger partial charge in [-0.2, -0.15) is 0 Å². The minimum absolute atomic E-state index is 0.0833. The highest BCUT2D eigenvalue weighted by Gasteiger charge is 2.35. The quantitative estimate of drug-likeness (QED) is 0.185. The van der Waals surface area contributed by atoms with Gasteiger partial charge in [-0.05, 0) is 96.7 Å². The van der Waals surface area contributed by atoms with Gasteiger partial charge in [0, 0.05) is 27.3 Å². The van der Waals surface area contributed by atoms with Gasteiger partial charge in [0.15, 0.2) is 0 Å². The average Bonchev–Trinajstić information content (AvgIpc) is 3.74. The highest BCUT2D eigenvalue weighted by atomic mass is 16.3. The van der Waals surface area contributed by atoms with Crippen LogP contribution in [0, 0.1) is 0 Å². The summed E-state index contributed by atoms with van der Waals surface area (Å²) in [7, 11) is 0. The van der Waals surface area contributed by atoms with Gasteiger partial charge in [-0.25, -0.2) is 0 Å². The maximum Gasteiger partial charge on any atom is 0.144 e. The molecule has 1 heterocycles. The van der Waals surface area contributed by atoms with E-state index in [0.29, 0.717) is 22.3 Å². The second-order valence-electron chi connectivity index (χ2n) is 13.3. The van der Waals surface area contributed by atoms with Crippen molar-refractivity contribution in [1.82, 2.24) is 0 Å². The summed E-state index contributed by atoms with van der Waals surface area (Å²) >= 11 is 0. The molecule has 0 fully saturated rings. The molecular weight excluding hydrogens is 605 g/mol. The molecule has 0 atom stereocenters. The molecule has 0 spiro atoms. The third kappa shape index (κ3) is 4.27. The lowest BCUT2D eigenvalue weighted by atomic mass is 9.80. The van der Waals surface area contributed by atoms with Crippen molar-refractivity contribution in [1.29, 1.82) is 0 Å². The lowest BCUT2D eigenvalue weighted by Crippen LogP contribution is -2.14. The van der Waals surface area contributed by atoms with Crippen molar-refractivity contribution >= 4 is 32.7 Å². The van der Waals surface area contributed by atoms with Crippen LogP contribution in [-0.2, 0) is 5.41 Å². The minimum atomic E-state index is -0.542. The van der Waals surface area contributed by atoms with Crippen molar-refractivity contribution in [2.45, 2.75) is 19.3 Å². The first-order valence-corrected chi connectivity index (χ1v) is 16.6. The Morgan fingerprint density at radius 3 is 1.72 bits per heavy atom. The number of hydrogen-bond acceptors (Lipinski definition) is 1. The Morgan fingerprint density at radius 1 is 0.460 bits per heavy atom. The molecule has 0 N–H and O–H groups in total. The fourth-order valence-electron chi connectivity index (χ4n) is 7.94. The van der Waals surface area contributed by atoms with E-state index in [0.717, 1.165) is 32.7 Å². The van der Waals surface area contributed by atoms with E-state index < -0.39 is 60.4 Å². The molecule has 0 saturated heterocycles. The van der Waals surface area contributed by atoms with Crippen molar-refractivity contribution in [3.05, 3.63) is 181 Å². The van der Waals surface area contributed by atoms with E-state index in [1.54, 1.807) is 12.1 Å². The number of fused-ring (bicyclic) bond motifs is 7. The maximum absolute atomic E-state index is 8.94. The zero-order chi connectivity index (χ0) is 42.1. The first-order chi connectivity index (χ1) is 28.7. The Morgan fingerprint density at radius 2 is 1.02 bits per heavy atom. The van der Waals surface area contributed by atoms with E-state index in [-0.39, 0.29) is 27.7 Å². The van der Waals surface area contributed by atoms with Crippen LogP contribution in [-0.4, -0.2) is 0 Å². The molecule has 1 aliphatic carbocycles. The van der Waals surface area contributed by atoms with Crippen LogP contribution in [0.25, 0.3) is 88.3 Å². The van der Waals surface area contributed by atoms with Crippen molar-refractivity contribution < 1.29 is 18.1 Å². The van der Waals surface area contributed by atoms with E-state index in [4.69, 9.17) is 18.1 Å². The van der Waals surface area contributed by atoms with E-state index in [1.165, 1.54) is 28.3 Å². The zero-order valence-corrected chi connectivity index (χ0v) is 27.3. The molecule has 0 radical (unpaired) electrons. The lowest BCUT2D eigenvalue weighted by Gasteiger charge is -2.22. The SMILES string of the molecule is [2H]c1c([2H])c([2H])c(-c2cc(-c3c([2H])c([2H])c([2H])c([2H])c3[2H])cc(-c3c4ccccc4c(-c4ccc5c(c4)C(C)(C)c4ccccc4-5)c4c3oc3ccccc34)c2)c([2H])c1[2H]. The van der Waals surface area contributed by atoms with Gasteiger partial charge in [-0.1, -0.05) is 153 Å². The Kier molecular flexibility index (Phi) is 4.45. The van der Waals surface area contributed by atoms with Crippen molar-refractivity contribution in [2.24, 2.45) is 0 Å². The Bertz CT molecular complexity index is 3220. The van der Waals surface area contributed by atoms with E-state index in [1.807, 2.05) is 42.5 Å². The predicted molar refractivity (Wildman–Crippen MR) is 211 cm³/mol. The summed E-state index contributed by atoms with van der Waals surface area (Å²) in [5.41, 5.74) is 9.19. The van der Waals surface area contributed by atoms with Gasteiger partial charge in [0.2, 0.25) is 0 Å². The van der Waals surface area contributed by atoms with Crippen LogP contribution in [0.1, 0.15) is 38.7 Å². The summed E-state index contributed by atoms with van der Waals surface area (Å²) in [5, 5.41) is 3.44. The number of para-hydroxylation sites is 1. The maximum atomic E-state index is 8.94. The molecule has 236 valence electrons. The Hall–Kier alpha value is -6.18. The van der Waals surface area contributed by atoms with Crippen LogP contribution < -0.4 is 0 Å². The van der Waals surface area contributed by atoms with Gasteiger partial charge in [-0.15, -0.1) is 0 Å². The van der Waals surface area contributed by atoms with Gasteiger partial charge < -0.3 is 4.42 Å². The van der Waals surface area contributed by atoms with Gasteiger partial charge in [0.1, 0.15) is 11.2 Å². The second kappa shape index (κ2) is 10.9. The van der Waals surface area contributed by atoms with Gasteiger partial charge >= 0.3 is 0 Å². The normalized spacial score (nSPS) is 16.0. The molecule has 1 aliphatic rings. The molecule has 0 aliphatic heterocycles. The van der Waals surface area contributed by atoms with Crippen molar-refractivity contribution in [3.63, 3.8) is 0 Å². The summed E-state index contributed by atoms with van der Waals surface area (Å²) in [6.45, 7) is 4.50. The fourth-order valence-corrected chi connectivity index (χ4v) is 7.94. The number of furan rings is 1. The predicted octanol–water partition coefficient (Wildman–Crippen LogP) is 13.7. The first kappa shape index (κ1) is 20.4. The molecular formula is C49H34O. The zero-order valence-electron chi connectivity index (χ0n) is 37.3. The first-order valence-electron chi connectivity index (χ1n) is 21.6. The highest BCUT2D eigenvalue weighted by molar-refractivity contribution is 6.26. The standard InChI is InChI=1S/C49H34O/c1-49(2)42-23-13-11-19-37(42)38-26-25-33(30-43(38)49)45-39-20-9-10-21-40(39)46(48-47(45)41-22-12-14-24-44(41)50-48)36-28-34(31-15-5-3-6-16-31)27-35(29-36)32-17-7-4-8-18-32/h3-30H,1-2H3/i3D,4D,5D,6D,7D,8D,15D,16D,17D,18D. The highest BCUT2D eigenvalue weighted by Crippen LogP contribution is 2.52. The van der Waals surface area contributed by atoms with Crippen LogP contribution >= 0.6 is 0 Å². The molecule has 8 aromatic carbocycles. The van der Waals surface area contributed by atoms with Crippen LogP contribution in [0.4, 0.5) is 0 Å². The topological polar surface area (TPSA) is 13.1 Å². The smallest absolute Gasteiger partial charge is 0.144 e. The minimum Gasteiger partial charge on any atom is -0.455 e. The summed E-state index contributed by atoms with van der Waals surface area (Å²) in [6.07, 6.45) is 0. The summed E-state index contributed by atoms with van der Waals surface area (Å²) in [6, 6.07) is 31.1. The van der Waals surface area contributed by atoms with Crippen molar-refractivity contribution in [2.75, 3.05) is 0 Å². The van der Waals surface area contributed by atoms with Crippen LogP contribution in [0.5, 0.6) is 0 Å². The van der Waals surface area contributed by atoms with Crippen LogP contribution in [0.15, 0.2) is 174 Å². The van der Waals surface area contributed by atoms with E-state index in [9.17, 15) is 0 Å². The summed E-state index contributed by atoms with van der Waals surface area (Å²) in [5.74, 6) is 0. The van der Waals surface area contributed by atoms with Gasteiger partial charge in [0.25, 0.3) is 0 Å². The van der Waals surface area contributed by atoms with Gasteiger partial charge in [-0.3, -0.25) is 0 Å². The Labute approximate surface area is 306 Å². The number of rotatable bonds is 4. The average molecular weight is 649 g/mol. The van der Waals surface area contributed by atoms with Crippen LogP contribution in [0.3, 0.4) is 0 Å². The lowest BCUT2D eigenvalue weighted by molar-refractivity contribution is 0.660. The molecule has 0 unspecified atom stereocenters. The van der Waals surface area contributed by atoms with E-state index in [2.05, 4.69) is 62.4 Å². The molecule has 1 aromatic heterocycles. The third-order valence-electron chi connectivity index (χ3n) is 10.2. The molecule has 0 saturated carbocycles. The molecule has 9 aromatic rings. The van der Waals surface area contributed by atoms with Gasteiger partial charge in [0.05, 0.1) is 13.7 Å². The monoisotopic (exact) mass is 648 g/mol. The Balaban J connectivity index is 1.34. The van der Waals surface area contributed by atoms with Crippen LogP contribution in [0.2, 0.25) is 0 Å². The molecule has 1 nitrogen and oxygen atoms in total. The molecule has 50 heavy (non-hydrogen) atoms. The molecule has 0 amide bonds.